The van der Waals surface area contributed by atoms with Gasteiger partial charge in [0, 0.05) is 12.1 Å². The van der Waals surface area contributed by atoms with E-state index in [1.54, 1.807) is 0 Å². The van der Waals surface area contributed by atoms with E-state index in [0.717, 1.165) is 25.3 Å². The summed E-state index contributed by atoms with van der Waals surface area (Å²) in [7, 11) is 1.89. The summed E-state index contributed by atoms with van der Waals surface area (Å²) in [6, 6.07) is 14.3. The molecule has 1 unspecified atom stereocenters. The molecule has 0 spiro atoms. The number of aryl methyl sites for hydroxylation is 1. The van der Waals surface area contributed by atoms with Crippen LogP contribution in [0.1, 0.15) is 24.0 Å². The summed E-state index contributed by atoms with van der Waals surface area (Å²) in [5.41, 5.74) is 2.02. The first-order valence-electron chi connectivity index (χ1n) is 7.33. The van der Waals surface area contributed by atoms with Gasteiger partial charge >= 0.3 is 0 Å². The normalized spacial score (nSPS) is 12.3. The van der Waals surface area contributed by atoms with Gasteiger partial charge in [-0.3, -0.25) is 0 Å². The van der Waals surface area contributed by atoms with Gasteiger partial charge in [0.05, 0.1) is 0 Å². The molecule has 3 heteroatoms. The molecule has 1 atom stereocenters. The standard InChI is InChI=1S/C18H21F2N/c1-21-18(9-5-8-14-6-3-2-4-7-14)12-15-10-16(19)13-17(20)11-15/h2-4,6-7,10-11,13,18,21H,5,8-9,12H2,1H3. The maximum atomic E-state index is 13.2. The van der Waals surface area contributed by atoms with Gasteiger partial charge in [-0.25, -0.2) is 8.78 Å². The molecule has 0 aliphatic heterocycles. The van der Waals surface area contributed by atoms with Crippen molar-refractivity contribution in [3.05, 3.63) is 71.3 Å². The van der Waals surface area contributed by atoms with E-state index in [-0.39, 0.29) is 6.04 Å². The van der Waals surface area contributed by atoms with Crippen molar-refractivity contribution in [1.29, 1.82) is 0 Å². The molecule has 2 aromatic rings. The molecule has 21 heavy (non-hydrogen) atoms. The van der Waals surface area contributed by atoms with Crippen molar-refractivity contribution >= 4 is 0 Å². The summed E-state index contributed by atoms with van der Waals surface area (Å²) in [5, 5.41) is 3.23. The second kappa shape index (κ2) is 7.89. The number of nitrogens with one attached hydrogen (secondary N) is 1. The highest BCUT2D eigenvalue weighted by Crippen LogP contribution is 2.13. The van der Waals surface area contributed by atoms with Gasteiger partial charge in [-0.15, -0.1) is 0 Å². The lowest BCUT2D eigenvalue weighted by Gasteiger charge is -2.16. The molecule has 0 aliphatic rings. The third-order valence-corrected chi connectivity index (χ3v) is 3.67. The van der Waals surface area contributed by atoms with Crippen LogP contribution in [0.2, 0.25) is 0 Å². The van der Waals surface area contributed by atoms with Crippen molar-refractivity contribution < 1.29 is 8.78 Å². The first-order valence-corrected chi connectivity index (χ1v) is 7.33. The van der Waals surface area contributed by atoms with E-state index < -0.39 is 11.6 Å². The molecular weight excluding hydrogens is 268 g/mol. The lowest BCUT2D eigenvalue weighted by atomic mass is 9.99. The number of rotatable bonds is 7. The van der Waals surface area contributed by atoms with Gasteiger partial charge in [0.2, 0.25) is 0 Å². The van der Waals surface area contributed by atoms with Crippen LogP contribution >= 0.6 is 0 Å². The van der Waals surface area contributed by atoms with Crippen LogP contribution in [0.15, 0.2) is 48.5 Å². The zero-order valence-electron chi connectivity index (χ0n) is 12.3. The Labute approximate surface area is 125 Å². The third-order valence-electron chi connectivity index (χ3n) is 3.67. The minimum atomic E-state index is -0.510. The Morgan fingerprint density at radius 1 is 0.952 bits per heavy atom. The van der Waals surface area contributed by atoms with Gasteiger partial charge in [0.25, 0.3) is 0 Å². The van der Waals surface area contributed by atoms with E-state index in [1.807, 2.05) is 25.2 Å². The summed E-state index contributed by atoms with van der Waals surface area (Å²) in [5.74, 6) is -1.02. The van der Waals surface area contributed by atoms with Crippen LogP contribution in [0.4, 0.5) is 8.78 Å². The van der Waals surface area contributed by atoms with E-state index in [1.165, 1.54) is 17.7 Å². The molecule has 0 heterocycles. The lowest BCUT2D eigenvalue weighted by Crippen LogP contribution is -2.27. The van der Waals surface area contributed by atoms with Crippen LogP contribution in [0, 0.1) is 11.6 Å². The van der Waals surface area contributed by atoms with Gasteiger partial charge in [-0.2, -0.15) is 0 Å². The van der Waals surface area contributed by atoms with Crippen molar-refractivity contribution in [3.8, 4) is 0 Å². The van der Waals surface area contributed by atoms with Gasteiger partial charge < -0.3 is 5.32 Å². The van der Waals surface area contributed by atoms with Crippen LogP contribution in [0.25, 0.3) is 0 Å². The van der Waals surface area contributed by atoms with Gasteiger partial charge in [-0.05, 0) is 56.0 Å². The van der Waals surface area contributed by atoms with Crippen LogP contribution in [0.3, 0.4) is 0 Å². The summed E-state index contributed by atoms with van der Waals surface area (Å²) in [6.07, 6.45) is 3.69. The number of hydrogen-bond donors (Lipinski definition) is 1. The average molecular weight is 289 g/mol. The molecule has 112 valence electrons. The van der Waals surface area contributed by atoms with Crippen molar-refractivity contribution in [2.45, 2.75) is 31.7 Å². The fourth-order valence-electron chi connectivity index (χ4n) is 2.56. The van der Waals surface area contributed by atoms with E-state index in [2.05, 4.69) is 17.4 Å². The smallest absolute Gasteiger partial charge is 0.126 e. The Balaban J connectivity index is 1.85. The zero-order chi connectivity index (χ0) is 15.1. The molecule has 0 radical (unpaired) electrons. The van der Waals surface area contributed by atoms with Gasteiger partial charge in [0.1, 0.15) is 11.6 Å². The van der Waals surface area contributed by atoms with Gasteiger partial charge in [-0.1, -0.05) is 30.3 Å². The minimum Gasteiger partial charge on any atom is -0.317 e. The maximum absolute atomic E-state index is 13.2. The first kappa shape index (κ1) is 15.6. The highest BCUT2D eigenvalue weighted by atomic mass is 19.1. The maximum Gasteiger partial charge on any atom is 0.126 e. The molecular formula is C18H21F2N. The molecule has 1 nitrogen and oxygen atoms in total. The topological polar surface area (TPSA) is 12.0 Å². The second-order valence-corrected chi connectivity index (χ2v) is 5.35. The van der Waals surface area contributed by atoms with Crippen LogP contribution < -0.4 is 5.32 Å². The predicted molar refractivity (Wildman–Crippen MR) is 82.3 cm³/mol. The Morgan fingerprint density at radius 3 is 2.24 bits per heavy atom. The molecule has 0 saturated carbocycles. The quantitative estimate of drug-likeness (QED) is 0.808. The Hall–Kier alpha value is -1.74. The summed E-state index contributed by atoms with van der Waals surface area (Å²) >= 11 is 0. The highest BCUT2D eigenvalue weighted by Gasteiger charge is 2.09. The van der Waals surface area contributed by atoms with E-state index in [0.29, 0.717) is 12.0 Å². The molecule has 2 rings (SSSR count). The molecule has 1 N–H and O–H groups in total. The predicted octanol–water partition coefficient (Wildman–Crippen LogP) is 4.12. The third kappa shape index (κ3) is 5.27. The van der Waals surface area contributed by atoms with E-state index in [9.17, 15) is 8.78 Å². The molecule has 0 amide bonds. The van der Waals surface area contributed by atoms with Crippen molar-refractivity contribution in [1.82, 2.24) is 5.32 Å². The van der Waals surface area contributed by atoms with Crippen LogP contribution in [-0.4, -0.2) is 13.1 Å². The Kier molecular flexibility index (Phi) is 5.88. The molecule has 0 fully saturated rings. The fourth-order valence-corrected chi connectivity index (χ4v) is 2.56. The molecule has 0 aromatic heterocycles. The second-order valence-electron chi connectivity index (χ2n) is 5.35. The number of halogens is 2. The van der Waals surface area contributed by atoms with Crippen molar-refractivity contribution in [3.63, 3.8) is 0 Å². The number of benzene rings is 2. The van der Waals surface area contributed by atoms with Gasteiger partial charge in [0.15, 0.2) is 0 Å². The highest BCUT2D eigenvalue weighted by molar-refractivity contribution is 5.19. The SMILES string of the molecule is CNC(CCCc1ccccc1)Cc1cc(F)cc(F)c1. The Morgan fingerprint density at radius 2 is 1.62 bits per heavy atom. The van der Waals surface area contributed by atoms with Crippen molar-refractivity contribution in [2.24, 2.45) is 0 Å². The summed E-state index contributed by atoms with van der Waals surface area (Å²) in [4.78, 5) is 0. The van der Waals surface area contributed by atoms with Crippen LogP contribution in [0.5, 0.6) is 0 Å². The zero-order valence-corrected chi connectivity index (χ0v) is 12.3. The van der Waals surface area contributed by atoms with Crippen LogP contribution in [-0.2, 0) is 12.8 Å². The first-order chi connectivity index (χ1) is 10.2. The molecule has 2 aromatic carbocycles. The van der Waals surface area contributed by atoms with Crippen molar-refractivity contribution in [2.75, 3.05) is 7.05 Å². The van der Waals surface area contributed by atoms with E-state index >= 15 is 0 Å². The van der Waals surface area contributed by atoms with E-state index in [4.69, 9.17) is 0 Å². The molecule has 0 bridgehead atoms. The monoisotopic (exact) mass is 289 g/mol. The largest absolute Gasteiger partial charge is 0.317 e. The molecule has 0 saturated heterocycles. The fraction of sp³-hybridized carbons (Fsp3) is 0.333. The Bertz CT molecular complexity index is 534. The average Bonchev–Trinajstić information content (AvgIpc) is 2.46. The summed E-state index contributed by atoms with van der Waals surface area (Å²) < 4.78 is 26.4. The number of likely N-dealkylation sites (N-methyl/N-ethyl adjacent to an activating group) is 1. The molecule has 0 aliphatic carbocycles. The minimum absolute atomic E-state index is 0.231. The lowest BCUT2D eigenvalue weighted by molar-refractivity contribution is 0.498. The summed E-state index contributed by atoms with van der Waals surface area (Å²) in [6.45, 7) is 0. The number of hydrogen-bond acceptors (Lipinski definition) is 1.